The van der Waals surface area contributed by atoms with Crippen LogP contribution in [0.2, 0.25) is 0 Å². The molecule has 222 valence electrons. The van der Waals surface area contributed by atoms with E-state index in [1.807, 2.05) is 72.8 Å². The molecule has 1 aromatic heterocycles. The fourth-order valence-electron chi connectivity index (χ4n) is 7.49. The van der Waals surface area contributed by atoms with Gasteiger partial charge in [0.25, 0.3) is 0 Å². The molecule has 0 spiro atoms. The molecule has 0 aliphatic heterocycles. The second kappa shape index (κ2) is 10.3. The Morgan fingerprint density at radius 2 is 1.19 bits per heavy atom. The Morgan fingerprint density at radius 1 is 0.553 bits per heavy atom. The highest BCUT2D eigenvalue weighted by atomic mass is 16.3. The Hall–Kier alpha value is -5.94. The Bertz CT molecular complexity index is 2620. The summed E-state index contributed by atoms with van der Waals surface area (Å²) in [7, 11) is 6.88. The summed E-state index contributed by atoms with van der Waals surface area (Å²) in [6, 6.07) is 35.0. The van der Waals surface area contributed by atoms with Gasteiger partial charge in [-0.3, -0.25) is 0 Å². The lowest BCUT2D eigenvalue weighted by Gasteiger charge is -2.23. The van der Waals surface area contributed by atoms with E-state index in [0.29, 0.717) is 23.1 Å². The van der Waals surface area contributed by atoms with Crippen LogP contribution >= 0.6 is 0 Å². The van der Waals surface area contributed by atoms with Crippen molar-refractivity contribution in [1.82, 2.24) is 0 Å². The molecule has 8 aromatic rings. The van der Waals surface area contributed by atoms with Gasteiger partial charge in [0.2, 0.25) is 5.75 Å². The van der Waals surface area contributed by atoms with Crippen LogP contribution in [-0.4, -0.2) is 23.2 Å². The van der Waals surface area contributed by atoms with Gasteiger partial charge < -0.3 is 19.7 Å². The molecule has 0 saturated carbocycles. The fraction of sp³-hybridized carbons (Fsp3) is 0.0476. The van der Waals surface area contributed by atoms with Crippen LogP contribution in [0.1, 0.15) is 18.4 Å². The molecule has 0 amide bonds. The van der Waals surface area contributed by atoms with Crippen LogP contribution in [0, 0.1) is 0 Å². The zero-order chi connectivity index (χ0) is 31.8. The highest BCUT2D eigenvalue weighted by Crippen LogP contribution is 2.51. The number of hydrogen-bond acceptors (Lipinski definition) is 4. The van der Waals surface area contributed by atoms with Crippen molar-refractivity contribution in [2.24, 2.45) is 0 Å². The standard InChI is InChI=1S/C42H27BO4/c43-38-35(24-11-2-1-3-12-24)39(44)41(46)40(45)37(38)36-29-16-8-6-14-27(29)34(28-15-7-9-17-30(28)36)25-19-21-33-32(22-25)31-20-18-23-10-4-5-13-26(23)42(31)47-33/h1-2,4-11,13-22,44-46H,3,12H2. The molecule has 47 heavy (non-hydrogen) atoms. The number of rotatable bonds is 3. The smallest absolute Gasteiger partial charge is 0.201 e. The topological polar surface area (TPSA) is 73.8 Å². The van der Waals surface area contributed by atoms with Crippen molar-refractivity contribution in [3.8, 4) is 39.5 Å². The van der Waals surface area contributed by atoms with Gasteiger partial charge in [-0.2, -0.15) is 0 Å². The number of hydrogen-bond donors (Lipinski definition) is 3. The van der Waals surface area contributed by atoms with Crippen LogP contribution in [0.15, 0.2) is 126 Å². The Balaban J connectivity index is 1.37. The van der Waals surface area contributed by atoms with Crippen molar-refractivity contribution in [2.45, 2.75) is 12.8 Å². The second-order valence-electron chi connectivity index (χ2n) is 12.2. The fourth-order valence-corrected chi connectivity index (χ4v) is 7.49. The lowest BCUT2D eigenvalue weighted by Crippen LogP contribution is -2.15. The minimum atomic E-state index is -0.582. The largest absolute Gasteiger partial charge is 0.504 e. The van der Waals surface area contributed by atoms with E-state index in [0.717, 1.165) is 77.4 Å². The molecular weight excluding hydrogens is 579 g/mol. The first-order valence-corrected chi connectivity index (χ1v) is 15.7. The number of allylic oxidation sites excluding steroid dienone is 4. The SMILES string of the molecule is [B]c1c(C2=CC=CCC2)c(O)c(O)c(O)c1-c1c2ccccc2c(-c2ccc3oc4c5ccccc5ccc4c3c2)c2ccccc12. The van der Waals surface area contributed by atoms with Gasteiger partial charge in [-0.25, -0.2) is 0 Å². The summed E-state index contributed by atoms with van der Waals surface area (Å²) in [6.07, 6.45) is 7.30. The first kappa shape index (κ1) is 27.4. The molecule has 2 radical (unpaired) electrons. The maximum Gasteiger partial charge on any atom is 0.201 e. The quantitative estimate of drug-likeness (QED) is 0.106. The number of benzene rings is 7. The van der Waals surface area contributed by atoms with Crippen molar-refractivity contribution in [1.29, 1.82) is 0 Å². The summed E-state index contributed by atoms with van der Waals surface area (Å²) in [4.78, 5) is 0. The zero-order valence-corrected chi connectivity index (χ0v) is 25.3. The molecule has 1 aliphatic rings. The highest BCUT2D eigenvalue weighted by Gasteiger charge is 2.27. The number of furan rings is 1. The molecular formula is C42H27BO4. The van der Waals surface area contributed by atoms with Crippen molar-refractivity contribution in [3.63, 3.8) is 0 Å². The van der Waals surface area contributed by atoms with Crippen LogP contribution in [0.4, 0.5) is 0 Å². The highest BCUT2D eigenvalue weighted by molar-refractivity contribution is 6.41. The summed E-state index contributed by atoms with van der Waals surface area (Å²) in [5.41, 5.74) is 6.13. The number of phenols is 3. The van der Waals surface area contributed by atoms with Gasteiger partial charge in [-0.1, -0.05) is 109 Å². The molecule has 9 rings (SSSR count). The maximum absolute atomic E-state index is 11.5. The van der Waals surface area contributed by atoms with Crippen molar-refractivity contribution < 1.29 is 19.7 Å². The van der Waals surface area contributed by atoms with Gasteiger partial charge >= 0.3 is 0 Å². The van der Waals surface area contributed by atoms with E-state index in [4.69, 9.17) is 12.3 Å². The van der Waals surface area contributed by atoms with Crippen molar-refractivity contribution in [2.75, 3.05) is 0 Å². The van der Waals surface area contributed by atoms with E-state index in [9.17, 15) is 15.3 Å². The number of fused-ring (bicyclic) bond motifs is 7. The molecule has 0 unspecified atom stereocenters. The molecule has 0 saturated heterocycles. The molecule has 0 bridgehead atoms. The monoisotopic (exact) mass is 606 g/mol. The molecule has 1 aliphatic carbocycles. The summed E-state index contributed by atoms with van der Waals surface area (Å²) in [5, 5.41) is 41.6. The van der Waals surface area contributed by atoms with E-state index < -0.39 is 17.2 Å². The first-order chi connectivity index (χ1) is 23.0. The molecule has 0 fully saturated rings. The zero-order valence-electron chi connectivity index (χ0n) is 25.3. The van der Waals surface area contributed by atoms with E-state index in [-0.39, 0.29) is 5.46 Å². The van der Waals surface area contributed by atoms with Gasteiger partial charge in [0.05, 0.1) is 0 Å². The minimum absolute atomic E-state index is 0.223. The third kappa shape index (κ3) is 3.96. The maximum atomic E-state index is 11.5. The Morgan fingerprint density at radius 3 is 1.87 bits per heavy atom. The van der Waals surface area contributed by atoms with Gasteiger partial charge in [-0.05, 0) is 74.7 Å². The molecule has 3 N–H and O–H groups in total. The van der Waals surface area contributed by atoms with E-state index in [1.165, 1.54) is 0 Å². The van der Waals surface area contributed by atoms with Crippen molar-refractivity contribution >= 4 is 73.1 Å². The van der Waals surface area contributed by atoms with Crippen LogP contribution < -0.4 is 5.46 Å². The van der Waals surface area contributed by atoms with Gasteiger partial charge in [0.1, 0.15) is 19.0 Å². The molecule has 1 heterocycles. The van der Waals surface area contributed by atoms with E-state index in [2.05, 4.69) is 48.5 Å². The second-order valence-corrected chi connectivity index (χ2v) is 12.2. The van der Waals surface area contributed by atoms with Gasteiger partial charge in [0.15, 0.2) is 11.5 Å². The molecule has 7 aromatic carbocycles. The van der Waals surface area contributed by atoms with E-state index >= 15 is 0 Å². The third-order valence-corrected chi connectivity index (χ3v) is 9.63. The van der Waals surface area contributed by atoms with Crippen LogP contribution in [0.5, 0.6) is 17.2 Å². The average Bonchev–Trinajstić information content (AvgIpc) is 3.49. The lowest BCUT2D eigenvalue weighted by atomic mass is 9.75. The summed E-state index contributed by atoms with van der Waals surface area (Å²) in [6.45, 7) is 0. The van der Waals surface area contributed by atoms with E-state index in [1.54, 1.807) is 0 Å². The molecule has 5 heteroatoms. The summed E-state index contributed by atoms with van der Waals surface area (Å²) < 4.78 is 6.42. The van der Waals surface area contributed by atoms with Gasteiger partial charge in [0, 0.05) is 32.8 Å². The summed E-state index contributed by atoms with van der Waals surface area (Å²) in [5.74, 6) is -1.44. The number of phenolic OH excluding ortho intramolecular Hbond substituents is 3. The normalized spacial score (nSPS) is 13.3. The Labute approximate surface area is 271 Å². The minimum Gasteiger partial charge on any atom is -0.504 e. The third-order valence-electron chi connectivity index (χ3n) is 9.63. The molecule has 4 nitrogen and oxygen atoms in total. The van der Waals surface area contributed by atoms with Crippen molar-refractivity contribution in [3.05, 3.63) is 127 Å². The Kier molecular flexibility index (Phi) is 6.00. The predicted molar refractivity (Wildman–Crippen MR) is 194 cm³/mol. The van der Waals surface area contributed by atoms with Crippen LogP contribution in [0.25, 0.3) is 82.1 Å². The van der Waals surface area contributed by atoms with Crippen LogP contribution in [-0.2, 0) is 0 Å². The average molecular weight is 606 g/mol. The molecule has 0 atom stereocenters. The first-order valence-electron chi connectivity index (χ1n) is 15.7. The lowest BCUT2D eigenvalue weighted by molar-refractivity contribution is 0.369. The number of aromatic hydroxyl groups is 3. The van der Waals surface area contributed by atoms with Gasteiger partial charge in [-0.15, -0.1) is 0 Å². The van der Waals surface area contributed by atoms with Crippen LogP contribution in [0.3, 0.4) is 0 Å². The summed E-state index contributed by atoms with van der Waals surface area (Å²) >= 11 is 0. The predicted octanol–water partition coefficient (Wildman–Crippen LogP) is 10.0.